The molecule has 4 aromatic rings. The molecule has 1 aromatic heterocycles. The minimum absolute atomic E-state index is 0.238. The highest BCUT2D eigenvalue weighted by atomic mass is 32.1. The van der Waals surface area contributed by atoms with Crippen LogP contribution in [0, 0.1) is 5.82 Å². The highest BCUT2D eigenvalue weighted by Crippen LogP contribution is 2.28. The van der Waals surface area contributed by atoms with Gasteiger partial charge in [-0.2, -0.15) is 0 Å². The van der Waals surface area contributed by atoms with Crippen LogP contribution in [0.4, 0.5) is 25.7 Å². The molecule has 3 amide bonds. The molecule has 1 heterocycles. The number of rotatable bonds is 4. The van der Waals surface area contributed by atoms with Gasteiger partial charge in [0.25, 0.3) is 5.91 Å². The van der Waals surface area contributed by atoms with Gasteiger partial charge in [0.05, 0.1) is 10.2 Å². The number of carbonyl (C=O) groups is 2. The third kappa shape index (κ3) is 4.56. The maximum absolute atomic E-state index is 13.2. The van der Waals surface area contributed by atoms with E-state index in [4.69, 9.17) is 0 Å². The van der Waals surface area contributed by atoms with Gasteiger partial charge in [0.1, 0.15) is 5.82 Å². The third-order valence-electron chi connectivity index (χ3n) is 3.98. The second kappa shape index (κ2) is 8.07. The minimum atomic E-state index is -0.497. The average molecular weight is 406 g/mol. The summed E-state index contributed by atoms with van der Waals surface area (Å²) in [6, 6.07) is 19.2. The van der Waals surface area contributed by atoms with E-state index in [0.29, 0.717) is 27.6 Å². The van der Waals surface area contributed by atoms with Crippen molar-refractivity contribution in [1.82, 2.24) is 4.98 Å². The SMILES string of the molecule is O=C(Nc1cccc(F)c1)Nc1ccc2sc(NC(=O)c3ccccc3)nc2c1. The smallest absolute Gasteiger partial charge is 0.308 e. The number of halogens is 1. The lowest BCUT2D eigenvalue weighted by Crippen LogP contribution is -2.19. The first kappa shape index (κ1) is 18.6. The Morgan fingerprint density at radius 1 is 0.828 bits per heavy atom. The summed E-state index contributed by atoms with van der Waals surface area (Å²) in [7, 11) is 0. The lowest BCUT2D eigenvalue weighted by molar-refractivity contribution is 0.102. The maximum Gasteiger partial charge on any atom is 0.323 e. The van der Waals surface area contributed by atoms with E-state index in [1.54, 1.807) is 42.5 Å². The van der Waals surface area contributed by atoms with Crippen molar-refractivity contribution in [1.29, 1.82) is 0 Å². The summed E-state index contributed by atoms with van der Waals surface area (Å²) in [6.07, 6.45) is 0. The maximum atomic E-state index is 13.2. The van der Waals surface area contributed by atoms with Crippen LogP contribution in [-0.4, -0.2) is 16.9 Å². The zero-order valence-corrected chi connectivity index (χ0v) is 15.8. The van der Waals surface area contributed by atoms with Crippen molar-refractivity contribution in [2.45, 2.75) is 0 Å². The number of hydrogen-bond acceptors (Lipinski definition) is 4. The van der Waals surface area contributed by atoms with Crippen LogP contribution in [0.2, 0.25) is 0 Å². The number of carbonyl (C=O) groups excluding carboxylic acids is 2. The molecule has 144 valence electrons. The molecule has 3 N–H and O–H groups in total. The number of fused-ring (bicyclic) bond motifs is 1. The monoisotopic (exact) mass is 406 g/mol. The fourth-order valence-corrected chi connectivity index (χ4v) is 3.52. The highest BCUT2D eigenvalue weighted by molar-refractivity contribution is 7.22. The summed E-state index contributed by atoms with van der Waals surface area (Å²) in [4.78, 5) is 28.8. The van der Waals surface area contributed by atoms with Gasteiger partial charge >= 0.3 is 6.03 Å². The van der Waals surface area contributed by atoms with Gasteiger partial charge in [-0.3, -0.25) is 10.1 Å². The predicted octanol–water partition coefficient (Wildman–Crippen LogP) is 5.33. The second-order valence-electron chi connectivity index (χ2n) is 6.11. The minimum Gasteiger partial charge on any atom is -0.308 e. The lowest BCUT2D eigenvalue weighted by Gasteiger charge is -2.07. The standard InChI is InChI=1S/C21H15FN4O2S/c22-14-7-4-8-15(11-14)23-20(28)24-16-9-10-18-17(12-16)25-21(29-18)26-19(27)13-5-2-1-3-6-13/h1-12H,(H2,23,24,28)(H,25,26,27). The molecule has 0 spiro atoms. The Morgan fingerprint density at radius 2 is 1.59 bits per heavy atom. The molecule has 0 radical (unpaired) electrons. The first-order valence-electron chi connectivity index (χ1n) is 8.67. The molecular weight excluding hydrogens is 391 g/mol. The van der Waals surface area contributed by atoms with Crippen molar-refractivity contribution >= 4 is 50.0 Å². The molecule has 0 fully saturated rings. The molecule has 0 aliphatic rings. The number of nitrogens with one attached hydrogen (secondary N) is 3. The van der Waals surface area contributed by atoms with Crippen molar-refractivity contribution in [2.75, 3.05) is 16.0 Å². The number of aromatic nitrogens is 1. The molecule has 0 unspecified atom stereocenters. The number of urea groups is 1. The first-order valence-corrected chi connectivity index (χ1v) is 9.49. The van der Waals surface area contributed by atoms with E-state index in [2.05, 4.69) is 20.9 Å². The molecule has 8 heteroatoms. The van der Waals surface area contributed by atoms with Gasteiger partial charge in [-0.05, 0) is 48.5 Å². The summed E-state index contributed by atoms with van der Waals surface area (Å²) in [5.41, 5.74) is 2.06. The first-order chi connectivity index (χ1) is 14.1. The summed E-state index contributed by atoms with van der Waals surface area (Å²) in [6.45, 7) is 0. The van der Waals surface area contributed by atoms with E-state index in [-0.39, 0.29) is 5.91 Å². The fraction of sp³-hybridized carbons (Fsp3) is 0. The van der Waals surface area contributed by atoms with Gasteiger partial charge in [0.15, 0.2) is 5.13 Å². The van der Waals surface area contributed by atoms with Crippen LogP contribution in [0.15, 0.2) is 72.8 Å². The van der Waals surface area contributed by atoms with Crippen molar-refractivity contribution < 1.29 is 14.0 Å². The molecular formula is C21H15FN4O2S. The van der Waals surface area contributed by atoms with Gasteiger partial charge in [-0.25, -0.2) is 14.2 Å². The Labute approximate surface area is 169 Å². The third-order valence-corrected chi connectivity index (χ3v) is 4.94. The molecule has 0 bridgehead atoms. The van der Waals surface area contributed by atoms with Crippen LogP contribution in [0.3, 0.4) is 0 Å². The molecule has 0 saturated heterocycles. The van der Waals surface area contributed by atoms with Crippen molar-refractivity contribution in [3.63, 3.8) is 0 Å². The zero-order chi connectivity index (χ0) is 20.2. The van der Waals surface area contributed by atoms with Gasteiger partial charge in [0.2, 0.25) is 0 Å². The Balaban J connectivity index is 1.45. The Morgan fingerprint density at radius 3 is 2.34 bits per heavy atom. The van der Waals surface area contributed by atoms with Crippen LogP contribution in [0.1, 0.15) is 10.4 Å². The van der Waals surface area contributed by atoms with Gasteiger partial charge in [-0.1, -0.05) is 35.6 Å². The van der Waals surface area contributed by atoms with Crippen molar-refractivity contribution in [3.05, 3.63) is 84.2 Å². The van der Waals surface area contributed by atoms with Crippen LogP contribution in [0.25, 0.3) is 10.2 Å². The number of anilines is 3. The van der Waals surface area contributed by atoms with Crippen LogP contribution < -0.4 is 16.0 Å². The zero-order valence-electron chi connectivity index (χ0n) is 15.0. The quantitative estimate of drug-likeness (QED) is 0.428. The summed E-state index contributed by atoms with van der Waals surface area (Å²) < 4.78 is 14.1. The van der Waals surface area contributed by atoms with Gasteiger partial charge in [-0.15, -0.1) is 0 Å². The summed E-state index contributed by atoms with van der Waals surface area (Å²) in [5, 5.41) is 8.49. The van der Waals surface area contributed by atoms with E-state index >= 15 is 0 Å². The van der Waals surface area contributed by atoms with Crippen LogP contribution in [-0.2, 0) is 0 Å². The topological polar surface area (TPSA) is 83.1 Å². The van der Waals surface area contributed by atoms with Gasteiger partial charge < -0.3 is 10.6 Å². The van der Waals surface area contributed by atoms with Crippen molar-refractivity contribution in [2.24, 2.45) is 0 Å². The molecule has 0 atom stereocenters. The molecule has 29 heavy (non-hydrogen) atoms. The molecule has 0 saturated carbocycles. The summed E-state index contributed by atoms with van der Waals surface area (Å²) in [5.74, 6) is -0.672. The summed E-state index contributed by atoms with van der Waals surface area (Å²) >= 11 is 1.34. The van der Waals surface area contributed by atoms with E-state index in [0.717, 1.165) is 4.70 Å². The van der Waals surface area contributed by atoms with Crippen LogP contribution >= 0.6 is 11.3 Å². The second-order valence-corrected chi connectivity index (χ2v) is 7.14. The molecule has 4 rings (SSSR count). The molecule has 0 aliphatic heterocycles. The Hall–Kier alpha value is -3.78. The van der Waals surface area contributed by atoms with Crippen molar-refractivity contribution in [3.8, 4) is 0 Å². The molecule has 3 aromatic carbocycles. The average Bonchev–Trinajstić information content (AvgIpc) is 3.10. The van der Waals surface area contributed by atoms with Crippen LogP contribution in [0.5, 0.6) is 0 Å². The number of nitrogens with zero attached hydrogens (tertiary/aromatic N) is 1. The number of amides is 3. The van der Waals surface area contributed by atoms with E-state index in [1.807, 2.05) is 12.1 Å². The molecule has 6 nitrogen and oxygen atoms in total. The number of benzene rings is 3. The Kier molecular flexibility index (Phi) is 5.17. The Bertz CT molecular complexity index is 1190. The van der Waals surface area contributed by atoms with Gasteiger partial charge in [0, 0.05) is 16.9 Å². The fourth-order valence-electron chi connectivity index (χ4n) is 2.68. The number of hydrogen-bond donors (Lipinski definition) is 3. The molecule has 0 aliphatic carbocycles. The van der Waals surface area contributed by atoms with E-state index in [1.165, 1.54) is 29.5 Å². The van der Waals surface area contributed by atoms with E-state index < -0.39 is 11.8 Å². The lowest BCUT2D eigenvalue weighted by atomic mass is 10.2. The van der Waals surface area contributed by atoms with E-state index in [9.17, 15) is 14.0 Å². The normalized spacial score (nSPS) is 10.5. The number of thiazole rings is 1. The highest BCUT2D eigenvalue weighted by Gasteiger charge is 2.11. The predicted molar refractivity (Wildman–Crippen MR) is 113 cm³/mol. The largest absolute Gasteiger partial charge is 0.323 e.